The molecule has 1 fully saturated rings. The summed E-state index contributed by atoms with van der Waals surface area (Å²) >= 11 is 1.94. The van der Waals surface area contributed by atoms with E-state index in [4.69, 9.17) is 4.74 Å². The minimum atomic E-state index is 0.309. The molecule has 1 aliphatic rings. The maximum absolute atomic E-state index is 5.92. The maximum Gasteiger partial charge on any atom is 0.224 e. The SMILES string of the molecule is c1ccc2c(OC3CCSC3)ncnc2c1. The average Bonchev–Trinajstić information content (AvgIpc) is 2.82. The number of aromatic nitrogens is 2. The van der Waals surface area contributed by atoms with Gasteiger partial charge in [0.15, 0.2) is 0 Å². The second kappa shape index (κ2) is 4.29. The van der Waals surface area contributed by atoms with Crippen LogP contribution in [0.5, 0.6) is 5.88 Å². The summed E-state index contributed by atoms with van der Waals surface area (Å²) in [6.45, 7) is 0. The summed E-state index contributed by atoms with van der Waals surface area (Å²) in [6.07, 6.45) is 2.99. The Morgan fingerprint density at radius 1 is 1.25 bits per heavy atom. The number of hydrogen-bond acceptors (Lipinski definition) is 4. The van der Waals surface area contributed by atoms with Gasteiger partial charge in [-0.15, -0.1) is 0 Å². The minimum absolute atomic E-state index is 0.309. The van der Waals surface area contributed by atoms with E-state index in [1.807, 2.05) is 36.0 Å². The summed E-state index contributed by atoms with van der Waals surface area (Å²) in [5, 5.41) is 1.00. The van der Waals surface area contributed by atoms with Crippen molar-refractivity contribution in [1.82, 2.24) is 9.97 Å². The molecule has 3 nitrogen and oxygen atoms in total. The molecular weight excluding hydrogens is 220 g/mol. The molecule has 1 saturated heterocycles. The number of nitrogens with zero attached hydrogens (tertiary/aromatic N) is 2. The van der Waals surface area contributed by atoms with Crippen LogP contribution in [0.25, 0.3) is 10.9 Å². The van der Waals surface area contributed by atoms with E-state index in [2.05, 4.69) is 9.97 Å². The first-order chi connectivity index (χ1) is 7.93. The van der Waals surface area contributed by atoms with Gasteiger partial charge in [-0.05, 0) is 24.3 Å². The Hall–Kier alpha value is -1.29. The van der Waals surface area contributed by atoms with Crippen LogP contribution in [0.1, 0.15) is 6.42 Å². The van der Waals surface area contributed by atoms with Crippen LogP contribution in [0.3, 0.4) is 0 Å². The normalized spacial score (nSPS) is 20.1. The lowest BCUT2D eigenvalue weighted by molar-refractivity contribution is 0.223. The zero-order chi connectivity index (χ0) is 10.8. The van der Waals surface area contributed by atoms with Crippen molar-refractivity contribution < 1.29 is 4.74 Å². The first-order valence-corrected chi connectivity index (χ1v) is 6.53. The largest absolute Gasteiger partial charge is 0.473 e. The highest BCUT2D eigenvalue weighted by atomic mass is 32.2. The third-order valence-corrected chi connectivity index (χ3v) is 3.80. The Kier molecular flexibility index (Phi) is 2.66. The van der Waals surface area contributed by atoms with Gasteiger partial charge in [0.25, 0.3) is 0 Å². The number of benzene rings is 1. The van der Waals surface area contributed by atoms with E-state index in [1.54, 1.807) is 6.33 Å². The molecule has 0 radical (unpaired) electrons. The van der Waals surface area contributed by atoms with Gasteiger partial charge in [-0.3, -0.25) is 0 Å². The topological polar surface area (TPSA) is 35.0 Å². The highest BCUT2D eigenvalue weighted by molar-refractivity contribution is 7.99. The van der Waals surface area contributed by atoms with Gasteiger partial charge in [0.05, 0.1) is 10.9 Å². The van der Waals surface area contributed by atoms with E-state index in [0.717, 1.165) is 29.0 Å². The highest BCUT2D eigenvalue weighted by Crippen LogP contribution is 2.26. The highest BCUT2D eigenvalue weighted by Gasteiger charge is 2.18. The molecule has 0 saturated carbocycles. The van der Waals surface area contributed by atoms with Crippen LogP contribution >= 0.6 is 11.8 Å². The van der Waals surface area contributed by atoms with Crippen molar-refractivity contribution in [2.75, 3.05) is 11.5 Å². The third-order valence-electron chi connectivity index (χ3n) is 2.67. The second-order valence-corrected chi connectivity index (χ2v) is 4.95. The fourth-order valence-corrected chi connectivity index (χ4v) is 2.93. The van der Waals surface area contributed by atoms with E-state index < -0.39 is 0 Å². The van der Waals surface area contributed by atoms with E-state index in [9.17, 15) is 0 Å². The van der Waals surface area contributed by atoms with Crippen LogP contribution in [-0.2, 0) is 0 Å². The van der Waals surface area contributed by atoms with Crippen molar-refractivity contribution in [2.24, 2.45) is 0 Å². The molecule has 0 bridgehead atoms. The molecule has 1 atom stereocenters. The molecule has 1 aliphatic heterocycles. The van der Waals surface area contributed by atoms with Gasteiger partial charge in [0.2, 0.25) is 5.88 Å². The zero-order valence-corrected chi connectivity index (χ0v) is 9.61. The van der Waals surface area contributed by atoms with Crippen molar-refractivity contribution in [3.05, 3.63) is 30.6 Å². The molecule has 16 heavy (non-hydrogen) atoms. The Labute approximate surface area is 98.2 Å². The van der Waals surface area contributed by atoms with Crippen LogP contribution in [0.4, 0.5) is 0 Å². The number of fused-ring (bicyclic) bond motifs is 1. The van der Waals surface area contributed by atoms with Crippen LogP contribution < -0.4 is 4.74 Å². The molecule has 0 spiro atoms. The average molecular weight is 232 g/mol. The van der Waals surface area contributed by atoms with Crippen LogP contribution in [-0.4, -0.2) is 27.6 Å². The minimum Gasteiger partial charge on any atom is -0.473 e. The van der Waals surface area contributed by atoms with Gasteiger partial charge in [-0.1, -0.05) is 12.1 Å². The Morgan fingerprint density at radius 3 is 3.06 bits per heavy atom. The fourth-order valence-electron chi connectivity index (χ4n) is 1.84. The van der Waals surface area contributed by atoms with E-state index in [0.29, 0.717) is 6.10 Å². The van der Waals surface area contributed by atoms with Crippen LogP contribution in [0.2, 0.25) is 0 Å². The van der Waals surface area contributed by atoms with E-state index in [-0.39, 0.29) is 0 Å². The lowest BCUT2D eigenvalue weighted by Gasteiger charge is -2.12. The summed E-state index contributed by atoms with van der Waals surface area (Å²) in [6, 6.07) is 7.95. The molecule has 2 heterocycles. The standard InChI is InChI=1S/C12H12N2OS/c1-2-4-11-10(3-1)12(14-8-13-11)15-9-5-6-16-7-9/h1-4,8-9H,5-7H2. The molecule has 0 aliphatic carbocycles. The predicted octanol–water partition coefficient (Wildman–Crippen LogP) is 2.51. The van der Waals surface area contributed by atoms with Gasteiger partial charge in [0, 0.05) is 5.75 Å². The summed E-state index contributed by atoms with van der Waals surface area (Å²) in [4.78, 5) is 8.45. The molecule has 82 valence electrons. The van der Waals surface area contributed by atoms with Crippen molar-refractivity contribution in [3.63, 3.8) is 0 Å². The molecule has 1 unspecified atom stereocenters. The van der Waals surface area contributed by atoms with Crippen LogP contribution in [0, 0.1) is 0 Å². The van der Waals surface area contributed by atoms with Crippen LogP contribution in [0.15, 0.2) is 30.6 Å². The quantitative estimate of drug-likeness (QED) is 0.797. The summed E-state index contributed by atoms with van der Waals surface area (Å²) in [5.41, 5.74) is 0.943. The number of thioether (sulfide) groups is 1. The van der Waals surface area contributed by atoms with Crippen molar-refractivity contribution >= 4 is 22.7 Å². The van der Waals surface area contributed by atoms with Crippen molar-refractivity contribution in [1.29, 1.82) is 0 Å². The first kappa shape index (κ1) is 9.90. The van der Waals surface area contributed by atoms with Crippen molar-refractivity contribution in [3.8, 4) is 5.88 Å². The monoisotopic (exact) mass is 232 g/mol. The molecule has 3 rings (SSSR count). The smallest absolute Gasteiger partial charge is 0.224 e. The first-order valence-electron chi connectivity index (χ1n) is 5.37. The molecule has 1 aromatic heterocycles. The molecule has 1 aromatic carbocycles. The number of hydrogen-bond donors (Lipinski definition) is 0. The lowest BCUT2D eigenvalue weighted by atomic mass is 10.2. The number of rotatable bonds is 2. The third kappa shape index (κ3) is 1.85. The van der Waals surface area contributed by atoms with E-state index >= 15 is 0 Å². The Balaban J connectivity index is 1.96. The lowest BCUT2D eigenvalue weighted by Crippen LogP contribution is -2.15. The Morgan fingerprint density at radius 2 is 2.19 bits per heavy atom. The fraction of sp³-hybridized carbons (Fsp3) is 0.333. The molecular formula is C12H12N2OS. The number of para-hydroxylation sites is 1. The Bertz CT molecular complexity index is 492. The van der Waals surface area contributed by atoms with Gasteiger partial charge in [0.1, 0.15) is 12.4 Å². The number of ether oxygens (including phenoxy) is 1. The maximum atomic E-state index is 5.92. The zero-order valence-electron chi connectivity index (χ0n) is 8.80. The van der Waals surface area contributed by atoms with Gasteiger partial charge >= 0.3 is 0 Å². The summed E-state index contributed by atoms with van der Waals surface area (Å²) in [7, 11) is 0. The van der Waals surface area contributed by atoms with E-state index in [1.165, 1.54) is 5.75 Å². The van der Waals surface area contributed by atoms with Crippen molar-refractivity contribution in [2.45, 2.75) is 12.5 Å². The molecule has 0 N–H and O–H groups in total. The summed E-state index contributed by atoms with van der Waals surface area (Å²) < 4.78 is 5.92. The summed E-state index contributed by atoms with van der Waals surface area (Å²) in [5.74, 6) is 2.98. The molecule has 2 aromatic rings. The molecule has 0 amide bonds. The predicted molar refractivity (Wildman–Crippen MR) is 65.9 cm³/mol. The van der Waals surface area contributed by atoms with Gasteiger partial charge < -0.3 is 4.74 Å². The second-order valence-electron chi connectivity index (χ2n) is 3.80. The molecule has 4 heteroatoms. The van der Waals surface area contributed by atoms with Gasteiger partial charge in [-0.25, -0.2) is 9.97 Å². The van der Waals surface area contributed by atoms with Gasteiger partial charge in [-0.2, -0.15) is 11.8 Å².